The molecule has 0 aliphatic heterocycles. The Hall–Kier alpha value is -2.23. The van der Waals surface area contributed by atoms with E-state index in [2.05, 4.69) is 10.1 Å². The molecule has 4 heteroatoms. The Morgan fingerprint density at radius 1 is 1.05 bits per heavy atom. The van der Waals surface area contributed by atoms with E-state index in [1.54, 1.807) is 16.8 Å². The molecule has 0 atom stereocenters. The van der Waals surface area contributed by atoms with E-state index in [9.17, 15) is 4.39 Å². The van der Waals surface area contributed by atoms with Gasteiger partial charge in [0.05, 0.1) is 12.2 Å². The van der Waals surface area contributed by atoms with Gasteiger partial charge in [0.25, 0.3) is 0 Å². The first kappa shape index (κ1) is 15.2. The number of nitrogens with zero attached hydrogens (tertiary/aromatic N) is 3. The van der Waals surface area contributed by atoms with Gasteiger partial charge in [-0.3, -0.25) is 0 Å². The topological polar surface area (TPSA) is 30.7 Å². The molecule has 0 unspecified atom stereocenters. The van der Waals surface area contributed by atoms with Crippen LogP contribution in [-0.4, -0.2) is 14.8 Å². The maximum atomic E-state index is 13.7. The van der Waals surface area contributed by atoms with E-state index in [0.717, 1.165) is 22.4 Å². The zero-order chi connectivity index (χ0) is 15.4. The molecule has 0 saturated heterocycles. The second-order valence-electron chi connectivity index (χ2n) is 4.66. The van der Waals surface area contributed by atoms with Crippen molar-refractivity contribution >= 4 is 11.0 Å². The molecule has 0 aliphatic rings. The number of hydrogen-bond acceptors (Lipinski definition) is 2. The van der Waals surface area contributed by atoms with Gasteiger partial charge in [-0.2, -0.15) is 5.10 Å². The molecule has 3 nitrogen and oxygen atoms in total. The summed E-state index contributed by atoms with van der Waals surface area (Å²) in [5.74, 6) is -0.212. The van der Waals surface area contributed by atoms with Crippen LogP contribution in [0.3, 0.4) is 0 Å². The number of benzene rings is 1. The van der Waals surface area contributed by atoms with Gasteiger partial charge in [0.15, 0.2) is 5.65 Å². The van der Waals surface area contributed by atoms with Gasteiger partial charge < -0.3 is 0 Å². The summed E-state index contributed by atoms with van der Waals surface area (Å²) in [5.41, 5.74) is 3.27. The number of fused-ring (bicyclic) bond motifs is 1. The first-order valence-corrected chi connectivity index (χ1v) is 7.19. The fourth-order valence-electron chi connectivity index (χ4n) is 2.20. The normalized spacial score (nSPS) is 10.3. The van der Waals surface area contributed by atoms with Crippen LogP contribution in [0.5, 0.6) is 0 Å². The predicted molar refractivity (Wildman–Crippen MR) is 83.9 cm³/mol. The van der Waals surface area contributed by atoms with E-state index in [1.807, 2.05) is 45.9 Å². The first-order chi connectivity index (χ1) is 10.1. The minimum absolute atomic E-state index is 0.212. The van der Waals surface area contributed by atoms with Crippen LogP contribution in [0.25, 0.3) is 11.0 Å². The zero-order valence-electron chi connectivity index (χ0n) is 12.9. The highest BCUT2D eigenvalue weighted by molar-refractivity contribution is 5.78. The quantitative estimate of drug-likeness (QED) is 0.704. The molecule has 2 aromatic heterocycles. The second-order valence-corrected chi connectivity index (χ2v) is 4.66. The van der Waals surface area contributed by atoms with E-state index in [-0.39, 0.29) is 5.82 Å². The number of hydrogen-bond donors (Lipinski definition) is 0. The Morgan fingerprint density at radius 2 is 1.76 bits per heavy atom. The zero-order valence-corrected chi connectivity index (χ0v) is 12.9. The number of halogens is 1. The van der Waals surface area contributed by atoms with Gasteiger partial charge in [0, 0.05) is 16.6 Å². The lowest BCUT2D eigenvalue weighted by Crippen LogP contribution is -2.05. The Morgan fingerprint density at radius 3 is 2.48 bits per heavy atom. The molecule has 0 bridgehead atoms. The standard InChI is InChI=1S/C15H14FN3.C2H6/c1-10-7-8-13-11(2)18-19(15(13)17-10)9-12-5-3-4-6-14(12)16;1-2/h3-8H,9H2,1-2H3;1-2H3. The van der Waals surface area contributed by atoms with Crippen molar-refractivity contribution in [2.24, 2.45) is 0 Å². The molecule has 110 valence electrons. The van der Waals surface area contributed by atoms with E-state index in [1.165, 1.54) is 6.07 Å². The van der Waals surface area contributed by atoms with Crippen molar-refractivity contribution in [3.05, 3.63) is 59.2 Å². The first-order valence-electron chi connectivity index (χ1n) is 7.19. The molecule has 1 aromatic carbocycles. The molecular weight excluding hydrogens is 265 g/mol. The maximum absolute atomic E-state index is 13.7. The monoisotopic (exact) mass is 285 g/mol. The lowest BCUT2D eigenvalue weighted by Gasteiger charge is -2.04. The summed E-state index contributed by atoms with van der Waals surface area (Å²) in [6.07, 6.45) is 0. The minimum Gasteiger partial charge on any atom is -0.242 e. The SMILES string of the molecule is CC.Cc1ccc2c(C)nn(Cc3ccccc3F)c2n1. The molecule has 3 aromatic rings. The third-order valence-electron chi connectivity index (χ3n) is 3.20. The molecule has 0 aliphatic carbocycles. The highest BCUT2D eigenvalue weighted by Gasteiger charge is 2.10. The third-order valence-corrected chi connectivity index (χ3v) is 3.20. The average Bonchev–Trinajstić information content (AvgIpc) is 2.79. The Balaban J connectivity index is 0.000000774. The summed E-state index contributed by atoms with van der Waals surface area (Å²) in [7, 11) is 0. The van der Waals surface area contributed by atoms with Crippen LogP contribution in [0.2, 0.25) is 0 Å². The van der Waals surface area contributed by atoms with Crippen molar-refractivity contribution in [1.82, 2.24) is 14.8 Å². The van der Waals surface area contributed by atoms with E-state index >= 15 is 0 Å². The van der Waals surface area contributed by atoms with Crippen molar-refractivity contribution in [3.8, 4) is 0 Å². The Kier molecular flexibility index (Phi) is 4.68. The van der Waals surface area contributed by atoms with Crippen LogP contribution in [0.1, 0.15) is 30.8 Å². The van der Waals surface area contributed by atoms with E-state index in [0.29, 0.717) is 12.1 Å². The van der Waals surface area contributed by atoms with Crippen molar-refractivity contribution in [2.75, 3.05) is 0 Å². The van der Waals surface area contributed by atoms with Gasteiger partial charge in [-0.1, -0.05) is 32.0 Å². The molecule has 0 N–H and O–H groups in total. The van der Waals surface area contributed by atoms with Crippen LogP contribution in [0.15, 0.2) is 36.4 Å². The van der Waals surface area contributed by atoms with Crippen molar-refractivity contribution in [3.63, 3.8) is 0 Å². The molecule has 2 heterocycles. The maximum Gasteiger partial charge on any atom is 0.158 e. The summed E-state index contributed by atoms with van der Waals surface area (Å²) in [6.45, 7) is 8.28. The highest BCUT2D eigenvalue weighted by Crippen LogP contribution is 2.18. The Labute approximate surface area is 124 Å². The van der Waals surface area contributed by atoms with Gasteiger partial charge in [0.2, 0.25) is 0 Å². The highest BCUT2D eigenvalue weighted by atomic mass is 19.1. The van der Waals surface area contributed by atoms with Gasteiger partial charge in [-0.05, 0) is 32.0 Å². The smallest absolute Gasteiger partial charge is 0.158 e. The van der Waals surface area contributed by atoms with Gasteiger partial charge in [-0.15, -0.1) is 0 Å². The van der Waals surface area contributed by atoms with E-state index in [4.69, 9.17) is 0 Å². The predicted octanol–water partition coefficient (Wildman–Crippen LogP) is 4.26. The molecule has 0 radical (unpaired) electrons. The Bertz CT molecular complexity index is 747. The summed E-state index contributed by atoms with van der Waals surface area (Å²) >= 11 is 0. The molecule has 0 spiro atoms. The number of rotatable bonds is 2. The van der Waals surface area contributed by atoms with Crippen LogP contribution in [-0.2, 0) is 6.54 Å². The number of aromatic nitrogens is 3. The van der Waals surface area contributed by atoms with Gasteiger partial charge in [0.1, 0.15) is 5.82 Å². The lowest BCUT2D eigenvalue weighted by atomic mass is 10.2. The number of aryl methyl sites for hydroxylation is 2. The molecule has 0 fully saturated rings. The summed E-state index contributed by atoms with van der Waals surface area (Å²) in [5, 5.41) is 5.47. The minimum atomic E-state index is -0.212. The van der Waals surface area contributed by atoms with Crippen molar-refractivity contribution in [1.29, 1.82) is 0 Å². The molecule has 0 saturated carbocycles. The fraction of sp³-hybridized carbons (Fsp3) is 0.294. The van der Waals surface area contributed by atoms with Crippen LogP contribution < -0.4 is 0 Å². The lowest BCUT2D eigenvalue weighted by molar-refractivity contribution is 0.588. The van der Waals surface area contributed by atoms with Crippen LogP contribution >= 0.6 is 0 Å². The van der Waals surface area contributed by atoms with Crippen molar-refractivity contribution < 1.29 is 4.39 Å². The average molecular weight is 285 g/mol. The van der Waals surface area contributed by atoms with Crippen LogP contribution in [0.4, 0.5) is 4.39 Å². The molecule has 21 heavy (non-hydrogen) atoms. The van der Waals surface area contributed by atoms with Gasteiger partial charge >= 0.3 is 0 Å². The molecule has 3 rings (SSSR count). The largest absolute Gasteiger partial charge is 0.242 e. The summed E-state index contributed by atoms with van der Waals surface area (Å²) < 4.78 is 15.5. The molecule has 0 amide bonds. The number of pyridine rings is 1. The molecular formula is C17H20FN3. The summed E-state index contributed by atoms with van der Waals surface area (Å²) in [6, 6.07) is 10.7. The van der Waals surface area contributed by atoms with E-state index < -0.39 is 0 Å². The van der Waals surface area contributed by atoms with Crippen LogP contribution in [0, 0.1) is 19.7 Å². The second kappa shape index (κ2) is 6.48. The summed E-state index contributed by atoms with van der Waals surface area (Å²) in [4.78, 5) is 4.50. The third kappa shape index (κ3) is 3.10. The van der Waals surface area contributed by atoms with Crippen molar-refractivity contribution in [2.45, 2.75) is 34.2 Å². The van der Waals surface area contributed by atoms with Gasteiger partial charge in [-0.25, -0.2) is 14.1 Å². The fourth-order valence-corrected chi connectivity index (χ4v) is 2.20.